The van der Waals surface area contributed by atoms with Crippen LogP contribution in [0.5, 0.6) is 0 Å². The summed E-state index contributed by atoms with van der Waals surface area (Å²) in [6.07, 6.45) is 2.97. The van der Waals surface area contributed by atoms with Crippen molar-refractivity contribution < 1.29 is 16.8 Å². The second-order valence-corrected chi connectivity index (χ2v) is 9.80. The molecule has 142 valence electrons. The molecule has 0 aliphatic heterocycles. The predicted molar refractivity (Wildman–Crippen MR) is 105 cm³/mol. The van der Waals surface area contributed by atoms with Gasteiger partial charge in [-0.1, -0.05) is 42.5 Å². The quantitative estimate of drug-likeness (QED) is 0.602. The third-order valence-corrected chi connectivity index (χ3v) is 5.72. The summed E-state index contributed by atoms with van der Waals surface area (Å²) in [7, 11) is -6.57. The summed E-state index contributed by atoms with van der Waals surface area (Å²) in [5, 5.41) is 0. The lowest BCUT2D eigenvalue weighted by molar-refractivity contribution is 0.578. The third kappa shape index (κ3) is 7.99. The molecule has 2 aromatic rings. The van der Waals surface area contributed by atoms with E-state index in [9.17, 15) is 16.8 Å². The van der Waals surface area contributed by atoms with Gasteiger partial charge in [-0.25, -0.2) is 21.6 Å². The standard InChI is InChI=1S/C18H24N2O4S2/c1-25(21,22)20-18-11-9-17(10-12-18)8-5-14-19-26(23,24)15-13-16-6-3-2-4-7-16/h2-4,6-7,9-12,19-20H,5,8,13-15H2,1H3. The van der Waals surface area contributed by atoms with Crippen LogP contribution in [-0.2, 0) is 32.9 Å². The van der Waals surface area contributed by atoms with Crippen molar-refractivity contribution in [2.24, 2.45) is 0 Å². The summed E-state index contributed by atoms with van der Waals surface area (Å²) in [5.41, 5.74) is 2.53. The van der Waals surface area contributed by atoms with E-state index in [0.29, 0.717) is 31.5 Å². The molecule has 0 heterocycles. The van der Waals surface area contributed by atoms with Crippen molar-refractivity contribution in [2.75, 3.05) is 23.3 Å². The highest BCUT2D eigenvalue weighted by Gasteiger charge is 2.09. The zero-order valence-corrected chi connectivity index (χ0v) is 16.3. The largest absolute Gasteiger partial charge is 0.284 e. The summed E-state index contributed by atoms with van der Waals surface area (Å²) < 4.78 is 51.4. The Kier molecular flexibility index (Phi) is 7.19. The van der Waals surface area contributed by atoms with Crippen LogP contribution in [0.25, 0.3) is 0 Å². The zero-order valence-electron chi connectivity index (χ0n) is 14.7. The second-order valence-electron chi connectivity index (χ2n) is 6.12. The van der Waals surface area contributed by atoms with E-state index in [2.05, 4.69) is 9.44 Å². The van der Waals surface area contributed by atoms with Gasteiger partial charge in [0, 0.05) is 12.2 Å². The molecule has 2 aromatic carbocycles. The maximum atomic E-state index is 12.0. The zero-order chi connectivity index (χ0) is 19.0. The molecule has 0 aliphatic rings. The van der Waals surface area contributed by atoms with Gasteiger partial charge >= 0.3 is 0 Å². The van der Waals surface area contributed by atoms with Crippen molar-refractivity contribution in [3.63, 3.8) is 0 Å². The second kappa shape index (κ2) is 9.16. The SMILES string of the molecule is CS(=O)(=O)Nc1ccc(CCCNS(=O)(=O)CCc2ccccc2)cc1. The van der Waals surface area contributed by atoms with Crippen molar-refractivity contribution >= 4 is 25.7 Å². The molecule has 0 saturated heterocycles. The van der Waals surface area contributed by atoms with Crippen molar-refractivity contribution in [1.29, 1.82) is 0 Å². The highest BCUT2D eigenvalue weighted by molar-refractivity contribution is 7.92. The van der Waals surface area contributed by atoms with E-state index in [1.807, 2.05) is 42.5 Å². The summed E-state index contributed by atoms with van der Waals surface area (Å²) >= 11 is 0. The number of benzene rings is 2. The Morgan fingerprint density at radius 1 is 0.808 bits per heavy atom. The van der Waals surface area contributed by atoms with Gasteiger partial charge in [-0.3, -0.25) is 4.72 Å². The average Bonchev–Trinajstić information content (AvgIpc) is 2.58. The lowest BCUT2D eigenvalue weighted by Gasteiger charge is -2.08. The van der Waals surface area contributed by atoms with Crippen LogP contribution in [0.2, 0.25) is 0 Å². The maximum Gasteiger partial charge on any atom is 0.229 e. The fourth-order valence-electron chi connectivity index (χ4n) is 2.44. The molecule has 0 aromatic heterocycles. The van der Waals surface area contributed by atoms with E-state index in [0.717, 1.165) is 17.4 Å². The molecule has 0 bridgehead atoms. The van der Waals surface area contributed by atoms with Crippen LogP contribution >= 0.6 is 0 Å². The minimum atomic E-state index is -3.29. The van der Waals surface area contributed by atoms with Crippen molar-refractivity contribution in [3.05, 3.63) is 65.7 Å². The molecule has 0 aliphatic carbocycles. The Balaban J connectivity index is 1.72. The number of anilines is 1. The number of sulfonamides is 2. The summed E-state index contributed by atoms with van der Waals surface area (Å²) in [6, 6.07) is 16.6. The van der Waals surface area contributed by atoms with Gasteiger partial charge in [-0.05, 0) is 42.5 Å². The Morgan fingerprint density at radius 3 is 2.04 bits per heavy atom. The van der Waals surface area contributed by atoms with Crippen LogP contribution < -0.4 is 9.44 Å². The molecule has 0 spiro atoms. The van der Waals surface area contributed by atoms with Gasteiger partial charge < -0.3 is 0 Å². The van der Waals surface area contributed by atoms with E-state index >= 15 is 0 Å². The van der Waals surface area contributed by atoms with Crippen LogP contribution in [0.15, 0.2) is 54.6 Å². The Morgan fingerprint density at radius 2 is 1.42 bits per heavy atom. The van der Waals surface area contributed by atoms with Gasteiger partial charge in [0.15, 0.2) is 0 Å². The van der Waals surface area contributed by atoms with Crippen LogP contribution in [0.4, 0.5) is 5.69 Å². The van der Waals surface area contributed by atoms with Gasteiger partial charge in [-0.2, -0.15) is 0 Å². The fraction of sp³-hybridized carbons (Fsp3) is 0.333. The number of nitrogens with one attached hydrogen (secondary N) is 2. The Hall–Kier alpha value is -1.90. The number of aryl methyl sites for hydroxylation is 2. The highest BCUT2D eigenvalue weighted by Crippen LogP contribution is 2.12. The van der Waals surface area contributed by atoms with Crippen molar-refractivity contribution in [3.8, 4) is 0 Å². The highest BCUT2D eigenvalue weighted by atomic mass is 32.2. The fourth-order valence-corrected chi connectivity index (χ4v) is 4.11. The smallest absolute Gasteiger partial charge is 0.229 e. The van der Waals surface area contributed by atoms with Crippen LogP contribution in [0, 0.1) is 0 Å². The summed E-state index contributed by atoms with van der Waals surface area (Å²) in [6.45, 7) is 0.375. The molecule has 0 saturated carbocycles. The van der Waals surface area contributed by atoms with E-state index in [4.69, 9.17) is 0 Å². The average molecular weight is 397 g/mol. The van der Waals surface area contributed by atoms with Crippen LogP contribution in [0.1, 0.15) is 17.5 Å². The third-order valence-electron chi connectivity index (χ3n) is 3.72. The molecule has 2 N–H and O–H groups in total. The number of hydrogen-bond donors (Lipinski definition) is 2. The number of rotatable bonds is 10. The van der Waals surface area contributed by atoms with E-state index < -0.39 is 20.0 Å². The van der Waals surface area contributed by atoms with Crippen molar-refractivity contribution in [1.82, 2.24) is 4.72 Å². The van der Waals surface area contributed by atoms with E-state index in [-0.39, 0.29) is 5.75 Å². The molecule has 2 rings (SSSR count). The van der Waals surface area contributed by atoms with Gasteiger partial charge in [0.1, 0.15) is 0 Å². The Labute approximate surface area is 155 Å². The molecule has 0 radical (unpaired) electrons. The first kappa shape index (κ1) is 20.4. The van der Waals surface area contributed by atoms with Crippen molar-refractivity contribution in [2.45, 2.75) is 19.3 Å². The molecule has 8 heteroatoms. The molecule has 26 heavy (non-hydrogen) atoms. The maximum absolute atomic E-state index is 12.0. The molecule has 6 nitrogen and oxygen atoms in total. The first-order chi connectivity index (χ1) is 12.2. The molecular weight excluding hydrogens is 372 g/mol. The molecule has 0 unspecified atom stereocenters. The van der Waals surface area contributed by atoms with Gasteiger partial charge in [0.25, 0.3) is 0 Å². The minimum absolute atomic E-state index is 0.0723. The summed E-state index contributed by atoms with van der Waals surface area (Å²) in [5.74, 6) is 0.0723. The lowest BCUT2D eigenvalue weighted by atomic mass is 10.1. The summed E-state index contributed by atoms with van der Waals surface area (Å²) in [4.78, 5) is 0. The molecule has 0 atom stereocenters. The van der Waals surface area contributed by atoms with Gasteiger partial charge in [-0.15, -0.1) is 0 Å². The van der Waals surface area contributed by atoms with Gasteiger partial charge in [0.2, 0.25) is 20.0 Å². The van der Waals surface area contributed by atoms with Crippen LogP contribution in [-0.4, -0.2) is 35.4 Å². The first-order valence-electron chi connectivity index (χ1n) is 8.31. The molecule has 0 fully saturated rings. The van der Waals surface area contributed by atoms with E-state index in [1.54, 1.807) is 12.1 Å². The molecule has 0 amide bonds. The Bertz CT molecular complexity index is 894. The molecular formula is C18H24N2O4S2. The van der Waals surface area contributed by atoms with E-state index in [1.165, 1.54) is 0 Å². The first-order valence-corrected chi connectivity index (χ1v) is 11.9. The van der Waals surface area contributed by atoms with Crippen LogP contribution in [0.3, 0.4) is 0 Å². The minimum Gasteiger partial charge on any atom is -0.284 e. The topological polar surface area (TPSA) is 92.3 Å². The number of hydrogen-bond acceptors (Lipinski definition) is 4. The monoisotopic (exact) mass is 396 g/mol. The van der Waals surface area contributed by atoms with Gasteiger partial charge in [0.05, 0.1) is 12.0 Å². The lowest BCUT2D eigenvalue weighted by Crippen LogP contribution is -2.28. The normalized spacial score (nSPS) is 12.0. The predicted octanol–water partition coefficient (Wildman–Crippen LogP) is 2.15.